The molecule has 0 aromatic carbocycles. The van der Waals surface area contributed by atoms with Crippen LogP contribution in [0.15, 0.2) is 10.7 Å². The maximum atomic E-state index is 4.10. The first kappa shape index (κ1) is 7.53. The fourth-order valence-corrected chi connectivity index (χ4v) is 1.47. The molecule has 1 rings (SSSR count). The smallest absolute Gasteiger partial charge is 0.113 e. The summed E-state index contributed by atoms with van der Waals surface area (Å²) in [5.41, 5.74) is 0. The number of hydrogen-bond donors (Lipinski definition) is 0. The van der Waals surface area contributed by atoms with Crippen molar-refractivity contribution in [3.8, 4) is 0 Å². The Morgan fingerprint density at radius 2 is 2.56 bits per heavy atom. The zero-order valence-electron chi connectivity index (χ0n) is 4.93. The minimum absolute atomic E-state index is 0.934. The first-order valence-corrected chi connectivity index (χ1v) is 4.49. The molecular weight excluding hydrogens is 295 g/mol. The van der Waals surface area contributed by atoms with E-state index in [0.29, 0.717) is 0 Å². The van der Waals surface area contributed by atoms with Crippen LogP contribution in [0.5, 0.6) is 0 Å². The summed E-state index contributed by atoms with van der Waals surface area (Å²) in [5, 5.41) is 4.10. The SMILES string of the molecule is CCn1ncc(Br)c1I. The van der Waals surface area contributed by atoms with Gasteiger partial charge in [-0.15, -0.1) is 0 Å². The van der Waals surface area contributed by atoms with E-state index >= 15 is 0 Å². The van der Waals surface area contributed by atoms with Crippen LogP contribution in [-0.2, 0) is 6.54 Å². The largest absolute Gasteiger partial charge is 0.258 e. The van der Waals surface area contributed by atoms with Gasteiger partial charge in [-0.3, -0.25) is 4.68 Å². The van der Waals surface area contributed by atoms with Crippen molar-refractivity contribution in [3.63, 3.8) is 0 Å². The topological polar surface area (TPSA) is 17.8 Å². The van der Waals surface area contributed by atoms with E-state index in [-0.39, 0.29) is 0 Å². The van der Waals surface area contributed by atoms with Gasteiger partial charge in [-0.2, -0.15) is 5.10 Å². The van der Waals surface area contributed by atoms with Gasteiger partial charge in [0.1, 0.15) is 3.70 Å². The predicted octanol–water partition coefficient (Wildman–Crippen LogP) is 2.27. The second-order valence-electron chi connectivity index (χ2n) is 1.60. The molecule has 1 aromatic heterocycles. The molecule has 0 spiro atoms. The lowest BCUT2D eigenvalue weighted by Gasteiger charge is -1.94. The van der Waals surface area contributed by atoms with Crippen molar-refractivity contribution >= 4 is 38.5 Å². The molecule has 0 saturated heterocycles. The Labute approximate surface area is 75.9 Å². The molecule has 0 bridgehead atoms. The summed E-state index contributed by atoms with van der Waals surface area (Å²) in [6.45, 7) is 3.01. The normalized spacial score (nSPS) is 10.1. The Kier molecular flexibility index (Phi) is 2.51. The molecule has 0 atom stereocenters. The third kappa shape index (κ3) is 1.46. The van der Waals surface area contributed by atoms with E-state index in [0.717, 1.165) is 14.7 Å². The second-order valence-corrected chi connectivity index (χ2v) is 3.48. The maximum Gasteiger partial charge on any atom is 0.113 e. The van der Waals surface area contributed by atoms with Gasteiger partial charge < -0.3 is 0 Å². The van der Waals surface area contributed by atoms with Gasteiger partial charge in [0, 0.05) is 6.54 Å². The zero-order chi connectivity index (χ0) is 6.85. The molecule has 0 radical (unpaired) electrons. The molecule has 9 heavy (non-hydrogen) atoms. The summed E-state index contributed by atoms with van der Waals surface area (Å²) < 4.78 is 4.17. The highest BCUT2D eigenvalue weighted by atomic mass is 127. The Morgan fingerprint density at radius 1 is 1.89 bits per heavy atom. The average Bonchev–Trinajstić information content (AvgIpc) is 2.15. The van der Waals surface area contributed by atoms with Crippen LogP contribution < -0.4 is 0 Å². The van der Waals surface area contributed by atoms with Crippen molar-refractivity contribution in [1.82, 2.24) is 9.78 Å². The van der Waals surface area contributed by atoms with Crippen molar-refractivity contribution in [2.45, 2.75) is 13.5 Å². The number of nitrogens with zero attached hydrogens (tertiary/aromatic N) is 2. The highest BCUT2D eigenvalue weighted by Crippen LogP contribution is 2.17. The highest BCUT2D eigenvalue weighted by molar-refractivity contribution is 14.1. The molecule has 1 aromatic rings. The summed E-state index contributed by atoms with van der Waals surface area (Å²) >= 11 is 5.62. The van der Waals surface area contributed by atoms with Crippen LogP contribution in [0.4, 0.5) is 0 Å². The van der Waals surface area contributed by atoms with Gasteiger partial charge in [-0.25, -0.2) is 0 Å². The lowest BCUT2D eigenvalue weighted by Crippen LogP contribution is -1.97. The van der Waals surface area contributed by atoms with Gasteiger partial charge >= 0.3 is 0 Å². The van der Waals surface area contributed by atoms with Crippen LogP contribution in [0.3, 0.4) is 0 Å². The summed E-state index contributed by atoms with van der Waals surface area (Å²) in [6, 6.07) is 0. The first-order chi connectivity index (χ1) is 4.25. The maximum absolute atomic E-state index is 4.10. The number of hydrogen-bond acceptors (Lipinski definition) is 1. The molecule has 2 nitrogen and oxygen atoms in total. The molecule has 4 heteroatoms. The van der Waals surface area contributed by atoms with E-state index < -0.39 is 0 Å². The lowest BCUT2D eigenvalue weighted by molar-refractivity contribution is 0.643. The standard InChI is InChI=1S/C5H6BrIN2/c1-2-9-5(7)4(6)3-8-9/h3H,2H2,1H3. The van der Waals surface area contributed by atoms with Crippen LogP contribution in [0.2, 0.25) is 0 Å². The van der Waals surface area contributed by atoms with Gasteiger partial charge in [-0.05, 0) is 45.4 Å². The number of rotatable bonds is 1. The zero-order valence-corrected chi connectivity index (χ0v) is 8.68. The van der Waals surface area contributed by atoms with Crippen LogP contribution in [0.1, 0.15) is 6.92 Å². The fraction of sp³-hybridized carbons (Fsp3) is 0.400. The van der Waals surface area contributed by atoms with Crippen LogP contribution >= 0.6 is 38.5 Å². The highest BCUT2D eigenvalue weighted by Gasteiger charge is 2.00. The molecule has 0 aliphatic heterocycles. The molecule has 1 heterocycles. The number of halogens is 2. The summed E-state index contributed by atoms with van der Waals surface area (Å²) in [7, 11) is 0. The fourth-order valence-electron chi connectivity index (χ4n) is 0.568. The monoisotopic (exact) mass is 300 g/mol. The summed E-state index contributed by atoms with van der Waals surface area (Å²) in [5.74, 6) is 0. The molecule has 0 unspecified atom stereocenters. The van der Waals surface area contributed by atoms with Gasteiger partial charge in [0.05, 0.1) is 10.7 Å². The molecule has 0 aliphatic rings. The van der Waals surface area contributed by atoms with E-state index in [4.69, 9.17) is 0 Å². The van der Waals surface area contributed by atoms with Crippen molar-refractivity contribution in [3.05, 3.63) is 14.4 Å². The van der Waals surface area contributed by atoms with Crippen molar-refractivity contribution < 1.29 is 0 Å². The van der Waals surface area contributed by atoms with Gasteiger partial charge in [-0.1, -0.05) is 0 Å². The molecule has 0 amide bonds. The van der Waals surface area contributed by atoms with Gasteiger partial charge in [0.15, 0.2) is 0 Å². The predicted molar refractivity (Wildman–Crippen MR) is 48.3 cm³/mol. The Balaban J connectivity index is 3.04. The Morgan fingerprint density at radius 3 is 2.78 bits per heavy atom. The van der Waals surface area contributed by atoms with E-state index in [9.17, 15) is 0 Å². The lowest BCUT2D eigenvalue weighted by atomic mass is 10.7. The molecule has 0 saturated carbocycles. The Hall–Kier alpha value is 0.420. The molecular formula is C5H6BrIN2. The minimum atomic E-state index is 0.934. The third-order valence-corrected chi connectivity index (χ3v) is 3.49. The van der Waals surface area contributed by atoms with Crippen LogP contribution in [-0.4, -0.2) is 9.78 Å². The van der Waals surface area contributed by atoms with Crippen LogP contribution in [0.25, 0.3) is 0 Å². The second kappa shape index (κ2) is 3.01. The van der Waals surface area contributed by atoms with E-state index in [1.807, 2.05) is 10.9 Å². The number of aromatic nitrogens is 2. The van der Waals surface area contributed by atoms with E-state index in [1.54, 1.807) is 0 Å². The average molecular weight is 301 g/mol. The molecule has 0 fully saturated rings. The first-order valence-electron chi connectivity index (χ1n) is 2.62. The van der Waals surface area contributed by atoms with Gasteiger partial charge in [0.2, 0.25) is 0 Å². The molecule has 0 aliphatic carbocycles. The third-order valence-electron chi connectivity index (χ3n) is 1.03. The van der Waals surface area contributed by atoms with Crippen LogP contribution in [0, 0.1) is 3.70 Å². The van der Waals surface area contributed by atoms with E-state index in [2.05, 4.69) is 50.5 Å². The van der Waals surface area contributed by atoms with Crippen molar-refractivity contribution in [2.24, 2.45) is 0 Å². The molecule has 50 valence electrons. The summed E-state index contributed by atoms with van der Waals surface area (Å²) in [4.78, 5) is 0. The van der Waals surface area contributed by atoms with Gasteiger partial charge in [0.25, 0.3) is 0 Å². The molecule has 0 N–H and O–H groups in total. The quantitative estimate of drug-likeness (QED) is 0.728. The van der Waals surface area contributed by atoms with Crippen molar-refractivity contribution in [1.29, 1.82) is 0 Å². The van der Waals surface area contributed by atoms with Crippen molar-refractivity contribution in [2.75, 3.05) is 0 Å². The van der Waals surface area contributed by atoms with E-state index in [1.165, 1.54) is 0 Å². The Bertz CT molecular complexity index is 209. The minimum Gasteiger partial charge on any atom is -0.258 e. The number of aryl methyl sites for hydroxylation is 1. The summed E-state index contributed by atoms with van der Waals surface area (Å²) in [6.07, 6.45) is 1.81.